The van der Waals surface area contributed by atoms with E-state index in [1.165, 1.54) is 13.2 Å². The van der Waals surface area contributed by atoms with Gasteiger partial charge < -0.3 is 14.5 Å². The van der Waals surface area contributed by atoms with Crippen molar-refractivity contribution >= 4 is 28.5 Å². The fraction of sp³-hybridized carbons (Fsp3) is 0.130. The number of esters is 1. The van der Waals surface area contributed by atoms with E-state index >= 15 is 0 Å². The molecule has 1 N–H and O–H groups in total. The quantitative estimate of drug-likeness (QED) is 0.435. The molecule has 0 aliphatic heterocycles. The average Bonchev–Trinajstić information content (AvgIpc) is 3.09. The molecule has 4 rings (SSSR count). The minimum atomic E-state index is -0.515. The summed E-state index contributed by atoms with van der Waals surface area (Å²) in [4.78, 5) is 19.5. The van der Waals surface area contributed by atoms with Crippen LogP contribution in [-0.2, 0) is 11.2 Å². The number of hydrogen-bond acceptors (Lipinski definition) is 4. The molecule has 0 saturated carbocycles. The smallest absolute Gasteiger partial charge is 0.356 e. The number of fused-ring (bicyclic) bond motifs is 1. The molecule has 0 aliphatic carbocycles. The number of ether oxygens (including phenoxy) is 2. The zero-order valence-corrected chi connectivity index (χ0v) is 17.1. The molecule has 152 valence electrons. The van der Waals surface area contributed by atoms with E-state index in [-0.39, 0.29) is 11.5 Å². The summed E-state index contributed by atoms with van der Waals surface area (Å²) in [5.41, 5.74) is 3.48. The van der Waals surface area contributed by atoms with Crippen LogP contribution in [0, 0.1) is 5.82 Å². The molecule has 4 aromatic rings. The SMILES string of the molecule is COC(=O)c1cccc(Cc2c(-c3ccccc3F)[nH]c3cc(Cl)c(OC)cc23)n1. The number of nitrogens with one attached hydrogen (secondary N) is 1. The number of hydrogen-bond donors (Lipinski definition) is 1. The average molecular weight is 425 g/mol. The van der Waals surface area contributed by atoms with Crippen molar-refractivity contribution in [3.8, 4) is 17.0 Å². The third-order valence-electron chi connectivity index (χ3n) is 4.88. The van der Waals surface area contributed by atoms with E-state index in [4.69, 9.17) is 21.1 Å². The number of rotatable bonds is 5. The Bertz CT molecular complexity index is 1250. The Balaban J connectivity index is 1.91. The molecule has 0 atom stereocenters. The maximum Gasteiger partial charge on any atom is 0.356 e. The lowest BCUT2D eigenvalue weighted by molar-refractivity contribution is 0.0593. The highest BCUT2D eigenvalue weighted by Crippen LogP contribution is 2.38. The van der Waals surface area contributed by atoms with E-state index in [0.717, 1.165) is 16.5 Å². The highest BCUT2D eigenvalue weighted by molar-refractivity contribution is 6.32. The van der Waals surface area contributed by atoms with Crippen molar-refractivity contribution in [1.29, 1.82) is 0 Å². The number of nitrogens with zero attached hydrogens (tertiary/aromatic N) is 1. The fourth-order valence-corrected chi connectivity index (χ4v) is 3.70. The van der Waals surface area contributed by atoms with Crippen LogP contribution in [0.15, 0.2) is 54.6 Å². The Labute approximate surface area is 177 Å². The molecule has 2 aromatic heterocycles. The number of benzene rings is 2. The van der Waals surface area contributed by atoms with Crippen molar-refractivity contribution in [2.24, 2.45) is 0 Å². The van der Waals surface area contributed by atoms with Crippen LogP contribution in [0.2, 0.25) is 5.02 Å². The number of carbonyl (C=O) groups excluding carboxylic acids is 1. The second-order valence-electron chi connectivity index (χ2n) is 6.67. The van der Waals surface area contributed by atoms with E-state index in [2.05, 4.69) is 9.97 Å². The van der Waals surface area contributed by atoms with E-state index in [9.17, 15) is 9.18 Å². The van der Waals surface area contributed by atoms with Crippen LogP contribution in [0.3, 0.4) is 0 Å². The molecule has 0 aliphatic rings. The molecule has 30 heavy (non-hydrogen) atoms. The molecule has 0 amide bonds. The predicted octanol–water partition coefficient (Wildman–Crippen LogP) is 5.41. The molecule has 0 bridgehead atoms. The summed E-state index contributed by atoms with van der Waals surface area (Å²) in [6, 6.07) is 15.2. The van der Waals surface area contributed by atoms with Crippen molar-refractivity contribution in [3.63, 3.8) is 0 Å². The molecule has 0 saturated heterocycles. The maximum absolute atomic E-state index is 14.6. The first-order chi connectivity index (χ1) is 14.5. The molecule has 2 aromatic carbocycles. The molecule has 0 spiro atoms. The number of H-pyrrole nitrogens is 1. The van der Waals surface area contributed by atoms with Gasteiger partial charge in [-0.1, -0.05) is 29.8 Å². The van der Waals surface area contributed by atoms with Gasteiger partial charge >= 0.3 is 5.97 Å². The third-order valence-corrected chi connectivity index (χ3v) is 5.18. The van der Waals surface area contributed by atoms with Crippen molar-refractivity contribution < 1.29 is 18.7 Å². The summed E-state index contributed by atoms with van der Waals surface area (Å²) in [7, 11) is 2.85. The second kappa shape index (κ2) is 8.16. The number of carbonyl (C=O) groups is 1. The molecular formula is C23H18ClFN2O3. The lowest BCUT2D eigenvalue weighted by atomic mass is 10.00. The van der Waals surface area contributed by atoms with Gasteiger partial charge in [-0.3, -0.25) is 0 Å². The Hall–Kier alpha value is -3.38. The van der Waals surface area contributed by atoms with E-state index < -0.39 is 5.97 Å². The van der Waals surface area contributed by atoms with E-state index in [1.54, 1.807) is 43.5 Å². The summed E-state index contributed by atoms with van der Waals surface area (Å²) in [5.74, 6) is -0.348. The number of aromatic amines is 1. The highest BCUT2D eigenvalue weighted by Gasteiger charge is 2.19. The molecule has 2 heterocycles. The number of halogens is 2. The number of aromatic nitrogens is 2. The van der Waals surface area contributed by atoms with Gasteiger partial charge in [0, 0.05) is 28.6 Å². The third kappa shape index (κ3) is 3.62. The van der Waals surface area contributed by atoms with Gasteiger partial charge in [0.15, 0.2) is 0 Å². The van der Waals surface area contributed by atoms with Crippen molar-refractivity contribution in [2.45, 2.75) is 6.42 Å². The van der Waals surface area contributed by atoms with Crippen LogP contribution in [0.4, 0.5) is 4.39 Å². The largest absolute Gasteiger partial charge is 0.495 e. The summed E-state index contributed by atoms with van der Waals surface area (Å²) in [6.07, 6.45) is 0.360. The van der Waals surface area contributed by atoms with Crippen molar-refractivity contribution in [2.75, 3.05) is 14.2 Å². The summed E-state index contributed by atoms with van der Waals surface area (Å²) in [5, 5.41) is 1.28. The fourth-order valence-electron chi connectivity index (χ4n) is 3.46. The number of pyridine rings is 1. The standard InChI is InChI=1S/C23H18ClFN2O3/c1-29-21-11-15-16(10-13-6-5-9-19(26-13)23(28)30-2)22(27-20(15)12-17(21)24)14-7-3-4-8-18(14)25/h3-9,11-12,27H,10H2,1-2H3. The molecule has 7 heteroatoms. The van der Waals surface area contributed by atoms with Crippen LogP contribution in [-0.4, -0.2) is 30.2 Å². The van der Waals surface area contributed by atoms with Gasteiger partial charge in [-0.05, 0) is 42.0 Å². The predicted molar refractivity (Wildman–Crippen MR) is 114 cm³/mol. The Morgan fingerprint density at radius 3 is 2.67 bits per heavy atom. The molecular weight excluding hydrogens is 407 g/mol. The van der Waals surface area contributed by atoms with Crippen LogP contribution in [0.25, 0.3) is 22.2 Å². The van der Waals surface area contributed by atoms with E-state index in [1.807, 2.05) is 12.1 Å². The molecule has 0 unspecified atom stereocenters. The van der Waals surface area contributed by atoms with Crippen LogP contribution >= 0.6 is 11.6 Å². The maximum atomic E-state index is 14.6. The van der Waals surface area contributed by atoms with Crippen LogP contribution < -0.4 is 4.74 Å². The van der Waals surface area contributed by atoms with Gasteiger partial charge in [0.25, 0.3) is 0 Å². The first kappa shape index (κ1) is 19.9. The molecule has 5 nitrogen and oxygen atoms in total. The monoisotopic (exact) mass is 424 g/mol. The first-order valence-corrected chi connectivity index (χ1v) is 9.57. The number of methoxy groups -OCH3 is 2. The zero-order chi connectivity index (χ0) is 21.3. The van der Waals surface area contributed by atoms with Gasteiger partial charge in [0.05, 0.1) is 24.9 Å². The van der Waals surface area contributed by atoms with Gasteiger partial charge in [0.2, 0.25) is 0 Å². The Morgan fingerprint density at radius 1 is 1.13 bits per heavy atom. The first-order valence-electron chi connectivity index (χ1n) is 9.19. The summed E-state index contributed by atoms with van der Waals surface area (Å²) < 4.78 is 24.7. The van der Waals surface area contributed by atoms with Gasteiger partial charge in [-0.25, -0.2) is 14.2 Å². The van der Waals surface area contributed by atoms with Gasteiger partial charge in [-0.15, -0.1) is 0 Å². The molecule has 0 radical (unpaired) electrons. The van der Waals surface area contributed by atoms with Crippen LogP contribution in [0.1, 0.15) is 21.7 Å². The Kier molecular flexibility index (Phi) is 5.42. The topological polar surface area (TPSA) is 64.2 Å². The lowest BCUT2D eigenvalue weighted by Gasteiger charge is -2.08. The minimum Gasteiger partial charge on any atom is -0.495 e. The lowest BCUT2D eigenvalue weighted by Crippen LogP contribution is -2.06. The second-order valence-corrected chi connectivity index (χ2v) is 7.08. The van der Waals surface area contributed by atoms with Gasteiger partial charge in [0.1, 0.15) is 17.3 Å². The Morgan fingerprint density at radius 2 is 1.93 bits per heavy atom. The minimum absolute atomic E-state index is 0.211. The van der Waals surface area contributed by atoms with Gasteiger partial charge in [-0.2, -0.15) is 0 Å². The van der Waals surface area contributed by atoms with Crippen molar-refractivity contribution in [3.05, 3.63) is 82.4 Å². The van der Waals surface area contributed by atoms with Crippen molar-refractivity contribution in [1.82, 2.24) is 9.97 Å². The van der Waals surface area contributed by atoms with Crippen LogP contribution in [0.5, 0.6) is 5.75 Å². The zero-order valence-electron chi connectivity index (χ0n) is 16.3. The highest BCUT2D eigenvalue weighted by atomic mass is 35.5. The van der Waals surface area contributed by atoms with E-state index in [0.29, 0.717) is 34.1 Å². The molecule has 0 fully saturated rings. The summed E-state index contributed by atoms with van der Waals surface area (Å²) >= 11 is 6.29. The summed E-state index contributed by atoms with van der Waals surface area (Å²) in [6.45, 7) is 0. The normalized spacial score (nSPS) is 10.9.